The average molecular weight is 572 g/mol. The molecule has 6 rings (SSSR count). The van der Waals surface area contributed by atoms with Crippen LogP contribution in [-0.4, -0.2) is 27.5 Å². The summed E-state index contributed by atoms with van der Waals surface area (Å²) >= 11 is 0. The zero-order valence-corrected chi connectivity index (χ0v) is 26.5. The smallest absolute Gasteiger partial charge is 0.283 e. The van der Waals surface area contributed by atoms with E-state index in [4.69, 9.17) is 11.0 Å². The van der Waals surface area contributed by atoms with Gasteiger partial charge in [-0.15, -0.1) is 10.2 Å². The van der Waals surface area contributed by atoms with Gasteiger partial charge in [-0.25, -0.2) is 4.85 Å². The van der Waals surface area contributed by atoms with Gasteiger partial charge in [0.15, 0.2) is 11.6 Å². The Hall–Kier alpha value is -2.88. The van der Waals surface area contributed by atoms with E-state index in [1.165, 1.54) is 0 Å². The molecular formula is C35H45N3O4. The van der Waals surface area contributed by atoms with Crippen LogP contribution < -0.4 is 0 Å². The summed E-state index contributed by atoms with van der Waals surface area (Å²) in [6.07, 6.45) is 10.6. The van der Waals surface area contributed by atoms with E-state index < -0.39 is 16.2 Å². The van der Waals surface area contributed by atoms with E-state index in [1.54, 1.807) is 6.92 Å². The highest BCUT2D eigenvalue weighted by molar-refractivity contribution is 6.03. The molecule has 7 heteroatoms. The summed E-state index contributed by atoms with van der Waals surface area (Å²) < 4.78 is 5.98. The van der Waals surface area contributed by atoms with Crippen molar-refractivity contribution in [2.45, 2.75) is 112 Å². The van der Waals surface area contributed by atoms with Crippen LogP contribution in [0.5, 0.6) is 0 Å². The minimum absolute atomic E-state index is 0.0284. The first kappa shape index (κ1) is 29.2. The van der Waals surface area contributed by atoms with Crippen molar-refractivity contribution in [1.82, 2.24) is 10.2 Å². The maximum absolute atomic E-state index is 14.6. The van der Waals surface area contributed by atoms with Crippen LogP contribution in [0.4, 0.5) is 0 Å². The quantitative estimate of drug-likeness (QED) is 0.276. The lowest BCUT2D eigenvalue weighted by molar-refractivity contribution is -0.166. The first-order chi connectivity index (χ1) is 19.5. The Bertz CT molecular complexity index is 1510. The van der Waals surface area contributed by atoms with Gasteiger partial charge in [0.1, 0.15) is 0 Å². The standard InChI is InChI=1S/C35H45N3O4/c1-10-22(39)28-37-38-29(42-28)32(5)14-13-31(4)15-16-35(8)26(20(31)18-32)23(40)17-25-33(6)19-21(36-9)27(41)30(2,3)24(33)11-12-34(25,35)7/h17,19-20,24,26H,10-16,18H2,1-8H3/t20-,24-,26-,31+,32-,33-,34+,35+/m0/s1. The second kappa shape index (κ2) is 8.83. The van der Waals surface area contributed by atoms with Gasteiger partial charge in [-0.05, 0) is 79.1 Å². The molecule has 8 atom stereocenters. The molecule has 1 heterocycles. The van der Waals surface area contributed by atoms with E-state index in [-0.39, 0.29) is 62.9 Å². The molecule has 1 aromatic heterocycles. The number of aromatic nitrogens is 2. The maximum Gasteiger partial charge on any atom is 0.283 e. The minimum Gasteiger partial charge on any atom is -0.418 e. The van der Waals surface area contributed by atoms with E-state index >= 15 is 0 Å². The van der Waals surface area contributed by atoms with Crippen molar-refractivity contribution < 1.29 is 18.8 Å². The van der Waals surface area contributed by atoms with Gasteiger partial charge in [0.25, 0.3) is 5.89 Å². The van der Waals surface area contributed by atoms with Crippen molar-refractivity contribution in [3.63, 3.8) is 0 Å². The third-order valence-corrected chi connectivity index (χ3v) is 13.6. The zero-order valence-electron chi connectivity index (χ0n) is 26.5. The molecule has 5 aliphatic carbocycles. The van der Waals surface area contributed by atoms with Crippen LogP contribution in [0.25, 0.3) is 4.85 Å². The molecule has 0 aliphatic heterocycles. The summed E-state index contributed by atoms with van der Waals surface area (Å²) in [6.45, 7) is 25.0. The molecule has 0 spiro atoms. The number of Topliss-reactive ketones (excluding diaryl/α,β-unsaturated/α-hetero) is 2. The maximum atomic E-state index is 14.6. The van der Waals surface area contributed by atoms with Crippen molar-refractivity contribution in [3.8, 4) is 0 Å². The molecule has 7 nitrogen and oxygen atoms in total. The van der Waals surface area contributed by atoms with E-state index in [2.05, 4.69) is 49.7 Å². The second-order valence-corrected chi connectivity index (χ2v) is 16.0. The average Bonchev–Trinajstić information content (AvgIpc) is 3.44. The molecule has 0 radical (unpaired) electrons. The highest BCUT2D eigenvalue weighted by atomic mass is 16.4. The van der Waals surface area contributed by atoms with Crippen LogP contribution in [0.1, 0.15) is 123 Å². The van der Waals surface area contributed by atoms with Crippen LogP contribution >= 0.6 is 0 Å². The van der Waals surface area contributed by atoms with Gasteiger partial charge < -0.3 is 9.21 Å². The number of hydrogen-bond donors (Lipinski definition) is 0. The van der Waals surface area contributed by atoms with Crippen molar-refractivity contribution in [3.05, 3.63) is 46.6 Å². The third kappa shape index (κ3) is 3.53. The topological polar surface area (TPSA) is 94.5 Å². The number of rotatable bonds is 3. The largest absolute Gasteiger partial charge is 0.418 e. The fourth-order valence-corrected chi connectivity index (χ4v) is 10.6. The van der Waals surface area contributed by atoms with E-state index in [0.29, 0.717) is 12.3 Å². The number of hydrogen-bond acceptors (Lipinski definition) is 6. The van der Waals surface area contributed by atoms with Crippen LogP contribution in [-0.2, 0) is 15.0 Å². The molecule has 3 fully saturated rings. The summed E-state index contributed by atoms with van der Waals surface area (Å²) in [7, 11) is 0. The number of carbonyl (C=O) groups is 3. The molecule has 0 N–H and O–H groups in total. The number of nitrogens with zero attached hydrogens (tertiary/aromatic N) is 3. The van der Waals surface area contributed by atoms with Crippen LogP contribution in [0.2, 0.25) is 0 Å². The van der Waals surface area contributed by atoms with E-state index in [9.17, 15) is 14.4 Å². The van der Waals surface area contributed by atoms with E-state index in [1.807, 2.05) is 26.0 Å². The lowest BCUT2D eigenvalue weighted by atomic mass is 9.34. The Labute approximate surface area is 249 Å². The molecule has 0 saturated heterocycles. The first-order valence-electron chi connectivity index (χ1n) is 15.8. The summed E-state index contributed by atoms with van der Waals surface area (Å²) in [4.78, 5) is 43.8. The van der Waals surface area contributed by atoms with Gasteiger partial charge in [0.05, 0.1) is 6.57 Å². The molecule has 0 bridgehead atoms. The molecule has 0 amide bonds. The van der Waals surface area contributed by atoms with Gasteiger partial charge in [0, 0.05) is 28.6 Å². The first-order valence-corrected chi connectivity index (χ1v) is 15.8. The van der Waals surface area contributed by atoms with Crippen molar-refractivity contribution in [2.24, 2.45) is 44.8 Å². The summed E-state index contributed by atoms with van der Waals surface area (Å²) in [5, 5.41) is 8.44. The van der Waals surface area contributed by atoms with Crippen molar-refractivity contribution in [2.75, 3.05) is 0 Å². The predicted molar refractivity (Wildman–Crippen MR) is 158 cm³/mol. The van der Waals surface area contributed by atoms with Gasteiger partial charge in [-0.1, -0.05) is 67.0 Å². The number of fused-ring (bicyclic) bond motifs is 7. The predicted octanol–water partition coefficient (Wildman–Crippen LogP) is 7.49. The monoisotopic (exact) mass is 571 g/mol. The third-order valence-electron chi connectivity index (χ3n) is 13.6. The Kier molecular flexibility index (Phi) is 6.14. The van der Waals surface area contributed by atoms with Gasteiger partial charge in [-0.2, -0.15) is 0 Å². The highest BCUT2D eigenvalue weighted by Gasteiger charge is 2.69. The molecule has 0 unspecified atom stereocenters. The number of carbonyl (C=O) groups excluding carboxylic acids is 3. The fraction of sp³-hybridized carbons (Fsp3) is 0.714. The lowest BCUT2D eigenvalue weighted by Gasteiger charge is -2.69. The van der Waals surface area contributed by atoms with Gasteiger partial charge in [0.2, 0.25) is 17.4 Å². The summed E-state index contributed by atoms with van der Waals surface area (Å²) in [5.74, 6) is 0.587. The SMILES string of the molecule is [C-]#[N+]C1=C[C@]2(C)C3=CC(=O)[C@@H]4[C@@H]5C[C@@](C)(c6nnc(C(=O)CC)o6)CC[C@]5(C)CC[C@@]4(C)[C@]3(C)CC[C@H]2C(C)(C)C1=O. The van der Waals surface area contributed by atoms with Gasteiger partial charge in [-0.3, -0.25) is 9.59 Å². The van der Waals surface area contributed by atoms with Gasteiger partial charge >= 0.3 is 0 Å². The minimum atomic E-state index is -0.662. The van der Waals surface area contributed by atoms with Crippen molar-refractivity contribution >= 4 is 17.3 Å². The van der Waals surface area contributed by atoms with Crippen LogP contribution in [0.3, 0.4) is 0 Å². The molecular weight excluding hydrogens is 526 g/mol. The van der Waals surface area contributed by atoms with Crippen molar-refractivity contribution in [1.29, 1.82) is 0 Å². The molecule has 42 heavy (non-hydrogen) atoms. The zero-order chi connectivity index (χ0) is 30.7. The Balaban J connectivity index is 1.45. The Morgan fingerprint density at radius 2 is 1.71 bits per heavy atom. The van der Waals surface area contributed by atoms with Crippen LogP contribution in [0, 0.1) is 51.4 Å². The molecule has 3 saturated carbocycles. The number of ketones is 3. The highest BCUT2D eigenvalue weighted by Crippen LogP contribution is 2.74. The van der Waals surface area contributed by atoms with Crippen LogP contribution in [0.15, 0.2) is 27.8 Å². The molecule has 224 valence electrons. The summed E-state index contributed by atoms with van der Waals surface area (Å²) in [6, 6.07) is 0. The Morgan fingerprint density at radius 1 is 1.02 bits per heavy atom. The molecule has 5 aliphatic rings. The number of allylic oxidation sites excluding steroid dienone is 4. The Morgan fingerprint density at radius 3 is 2.38 bits per heavy atom. The molecule has 1 aromatic rings. The van der Waals surface area contributed by atoms with E-state index in [0.717, 1.165) is 50.5 Å². The normalized spacial score (nSPS) is 44.0. The summed E-state index contributed by atoms with van der Waals surface area (Å²) in [5.41, 5.74) is -0.732. The second-order valence-electron chi connectivity index (χ2n) is 16.0. The lowest BCUT2D eigenvalue weighted by Crippen LogP contribution is -2.64. The fourth-order valence-electron chi connectivity index (χ4n) is 10.6. The molecule has 0 aromatic carbocycles.